The third-order valence-electron chi connectivity index (χ3n) is 3.46. The number of halogens is 2. The van der Waals surface area contributed by atoms with E-state index in [2.05, 4.69) is 5.32 Å². The molecule has 0 bridgehead atoms. The summed E-state index contributed by atoms with van der Waals surface area (Å²) in [5, 5.41) is 2.11. The fourth-order valence-corrected chi connectivity index (χ4v) is 3.20. The van der Waals surface area contributed by atoms with Crippen LogP contribution in [0.4, 0.5) is 14.5 Å². The second-order valence-corrected chi connectivity index (χ2v) is 7.04. The maximum atomic E-state index is 13.4. The van der Waals surface area contributed by atoms with Gasteiger partial charge in [-0.1, -0.05) is 0 Å². The summed E-state index contributed by atoms with van der Waals surface area (Å²) in [5.74, 6) is -3.22. The lowest BCUT2D eigenvalue weighted by atomic mass is 10.1. The summed E-state index contributed by atoms with van der Waals surface area (Å²) in [4.78, 5) is 37.3. The summed E-state index contributed by atoms with van der Waals surface area (Å²) >= 11 is 1.50. The van der Waals surface area contributed by atoms with Gasteiger partial charge in [0.2, 0.25) is 0 Å². The van der Waals surface area contributed by atoms with Crippen molar-refractivity contribution in [2.75, 3.05) is 11.9 Å². The number of amides is 1. The summed E-state index contributed by atoms with van der Waals surface area (Å²) in [6.45, 7) is 3.07. The van der Waals surface area contributed by atoms with Gasteiger partial charge in [-0.2, -0.15) is 0 Å². The Morgan fingerprint density at radius 1 is 1.12 bits per heavy atom. The molecule has 0 saturated heterocycles. The van der Waals surface area contributed by atoms with Crippen LogP contribution in [-0.2, 0) is 14.3 Å². The van der Waals surface area contributed by atoms with E-state index in [1.165, 1.54) is 11.3 Å². The zero-order valence-corrected chi connectivity index (χ0v) is 15.0. The maximum Gasteiger partial charge on any atom is 0.306 e. The molecular formula is C18H17F2NO4S. The van der Waals surface area contributed by atoms with Crippen LogP contribution in [0.15, 0.2) is 24.3 Å². The van der Waals surface area contributed by atoms with Gasteiger partial charge in [-0.15, -0.1) is 11.3 Å². The number of carbonyl (C=O) groups excluding carboxylic acids is 3. The number of esters is 1. The lowest BCUT2D eigenvalue weighted by Gasteiger charge is -2.07. The first-order valence-electron chi connectivity index (χ1n) is 7.77. The first-order valence-corrected chi connectivity index (χ1v) is 8.58. The molecule has 0 spiro atoms. The molecule has 1 N–H and O–H groups in total. The quantitative estimate of drug-likeness (QED) is 0.585. The largest absolute Gasteiger partial charge is 0.456 e. The SMILES string of the molecule is Cc1cc(C(=O)CCC(=O)OCC(=O)Nc2cc(F)ccc2F)c(C)s1. The topological polar surface area (TPSA) is 72.5 Å². The van der Waals surface area contributed by atoms with Crippen LogP contribution in [0.2, 0.25) is 0 Å². The highest BCUT2D eigenvalue weighted by molar-refractivity contribution is 7.12. The predicted octanol–water partition coefficient (Wildman–Crippen LogP) is 3.79. The van der Waals surface area contributed by atoms with Crippen LogP contribution in [0, 0.1) is 25.5 Å². The average molecular weight is 381 g/mol. The van der Waals surface area contributed by atoms with Crippen molar-refractivity contribution in [2.45, 2.75) is 26.7 Å². The second kappa shape index (κ2) is 8.66. The molecule has 1 heterocycles. The fraction of sp³-hybridized carbons (Fsp3) is 0.278. The molecule has 0 unspecified atom stereocenters. The van der Waals surface area contributed by atoms with Crippen molar-refractivity contribution in [3.8, 4) is 0 Å². The number of nitrogens with one attached hydrogen (secondary N) is 1. The van der Waals surface area contributed by atoms with E-state index in [0.717, 1.165) is 28.0 Å². The van der Waals surface area contributed by atoms with Crippen molar-refractivity contribution in [1.82, 2.24) is 0 Å². The number of ether oxygens (including phenoxy) is 1. The number of benzene rings is 1. The van der Waals surface area contributed by atoms with Gasteiger partial charge in [0.1, 0.15) is 11.6 Å². The number of carbonyl (C=O) groups is 3. The van der Waals surface area contributed by atoms with E-state index in [1.807, 2.05) is 13.8 Å². The smallest absolute Gasteiger partial charge is 0.306 e. The zero-order valence-electron chi connectivity index (χ0n) is 14.2. The molecule has 0 aliphatic rings. The van der Waals surface area contributed by atoms with E-state index in [0.29, 0.717) is 5.56 Å². The van der Waals surface area contributed by atoms with Crippen LogP contribution in [0.1, 0.15) is 33.0 Å². The van der Waals surface area contributed by atoms with Gasteiger partial charge in [-0.25, -0.2) is 8.78 Å². The monoisotopic (exact) mass is 381 g/mol. The second-order valence-electron chi connectivity index (χ2n) is 5.58. The van der Waals surface area contributed by atoms with E-state index in [4.69, 9.17) is 4.74 Å². The number of rotatable bonds is 7. The molecule has 138 valence electrons. The Hall–Kier alpha value is -2.61. The highest BCUT2D eigenvalue weighted by Crippen LogP contribution is 2.22. The van der Waals surface area contributed by atoms with E-state index >= 15 is 0 Å². The van der Waals surface area contributed by atoms with E-state index in [-0.39, 0.29) is 24.3 Å². The molecule has 0 aliphatic heterocycles. The molecule has 1 amide bonds. The third-order valence-corrected chi connectivity index (χ3v) is 4.43. The van der Waals surface area contributed by atoms with Crippen molar-refractivity contribution < 1.29 is 27.9 Å². The van der Waals surface area contributed by atoms with Gasteiger partial charge in [0.05, 0.1) is 12.1 Å². The third kappa shape index (κ3) is 5.45. The minimum absolute atomic E-state index is 0.0318. The fourth-order valence-electron chi connectivity index (χ4n) is 2.26. The first kappa shape index (κ1) is 19.7. The van der Waals surface area contributed by atoms with E-state index in [9.17, 15) is 23.2 Å². The molecule has 0 fully saturated rings. The van der Waals surface area contributed by atoms with Crippen LogP contribution in [0.3, 0.4) is 0 Å². The molecule has 0 aliphatic carbocycles. The molecule has 0 radical (unpaired) electrons. The summed E-state index contributed by atoms with van der Waals surface area (Å²) in [5.41, 5.74) is 0.240. The van der Waals surface area contributed by atoms with Gasteiger partial charge in [-0.05, 0) is 32.0 Å². The molecule has 1 aromatic carbocycles. The molecule has 2 aromatic rings. The van der Waals surface area contributed by atoms with E-state index < -0.39 is 30.1 Å². The first-order chi connectivity index (χ1) is 12.3. The summed E-state index contributed by atoms with van der Waals surface area (Å²) < 4.78 is 31.2. The van der Waals surface area contributed by atoms with Crippen LogP contribution in [0.25, 0.3) is 0 Å². The molecule has 1 aromatic heterocycles. The summed E-state index contributed by atoms with van der Waals surface area (Å²) in [6, 6.07) is 4.38. The number of aryl methyl sites for hydroxylation is 2. The van der Waals surface area contributed by atoms with Crippen LogP contribution in [-0.4, -0.2) is 24.3 Å². The van der Waals surface area contributed by atoms with Crippen molar-refractivity contribution in [2.24, 2.45) is 0 Å². The van der Waals surface area contributed by atoms with Crippen molar-refractivity contribution >= 4 is 34.7 Å². The number of hydrogen-bond donors (Lipinski definition) is 1. The number of Topliss-reactive ketones (excluding diaryl/α,β-unsaturated/α-hetero) is 1. The number of thiophene rings is 1. The van der Waals surface area contributed by atoms with Crippen molar-refractivity contribution in [3.63, 3.8) is 0 Å². The molecule has 2 rings (SSSR count). The highest BCUT2D eigenvalue weighted by atomic mass is 32.1. The van der Waals surface area contributed by atoms with Gasteiger partial charge in [0.25, 0.3) is 5.91 Å². The Bertz CT molecular complexity index is 848. The minimum atomic E-state index is -0.807. The standard InChI is InChI=1S/C18H17F2NO4S/c1-10-7-13(11(2)26-10)16(22)5-6-18(24)25-9-17(23)21-15-8-12(19)3-4-14(15)20/h3-4,7-8H,5-6,9H2,1-2H3,(H,21,23). The van der Waals surface area contributed by atoms with Crippen LogP contribution < -0.4 is 5.32 Å². The van der Waals surface area contributed by atoms with Gasteiger partial charge >= 0.3 is 5.97 Å². The molecule has 8 heteroatoms. The highest BCUT2D eigenvalue weighted by Gasteiger charge is 2.15. The predicted molar refractivity (Wildman–Crippen MR) is 93.3 cm³/mol. The summed E-state index contributed by atoms with van der Waals surface area (Å²) in [7, 11) is 0. The van der Waals surface area contributed by atoms with Crippen LogP contribution in [0.5, 0.6) is 0 Å². The maximum absolute atomic E-state index is 13.4. The number of anilines is 1. The van der Waals surface area contributed by atoms with Crippen LogP contribution >= 0.6 is 11.3 Å². The number of hydrogen-bond acceptors (Lipinski definition) is 5. The lowest BCUT2D eigenvalue weighted by molar-refractivity contribution is -0.147. The van der Waals surface area contributed by atoms with Crippen molar-refractivity contribution in [1.29, 1.82) is 0 Å². The van der Waals surface area contributed by atoms with E-state index in [1.54, 1.807) is 6.07 Å². The normalized spacial score (nSPS) is 10.5. The Balaban J connectivity index is 1.77. The Kier molecular flexibility index (Phi) is 6.57. The van der Waals surface area contributed by atoms with Crippen molar-refractivity contribution in [3.05, 3.63) is 51.2 Å². The average Bonchev–Trinajstić information content (AvgIpc) is 2.92. The Morgan fingerprint density at radius 3 is 2.50 bits per heavy atom. The Labute approximate surface area is 153 Å². The minimum Gasteiger partial charge on any atom is -0.456 e. The molecular weight excluding hydrogens is 364 g/mol. The molecule has 0 atom stereocenters. The summed E-state index contributed by atoms with van der Waals surface area (Å²) in [6.07, 6.45) is -0.204. The zero-order chi connectivity index (χ0) is 19.3. The number of ketones is 1. The molecule has 26 heavy (non-hydrogen) atoms. The van der Waals surface area contributed by atoms with Gasteiger partial charge < -0.3 is 10.1 Å². The molecule has 0 saturated carbocycles. The molecule has 5 nitrogen and oxygen atoms in total. The van der Waals surface area contributed by atoms with Gasteiger partial charge in [0.15, 0.2) is 12.4 Å². The Morgan fingerprint density at radius 2 is 1.85 bits per heavy atom. The van der Waals surface area contributed by atoms with Gasteiger partial charge in [0, 0.05) is 27.8 Å². The lowest BCUT2D eigenvalue weighted by Crippen LogP contribution is -2.21. The van der Waals surface area contributed by atoms with Gasteiger partial charge in [-0.3, -0.25) is 14.4 Å².